The summed E-state index contributed by atoms with van der Waals surface area (Å²) in [5.74, 6) is 3.21. The van der Waals surface area contributed by atoms with Crippen LogP contribution < -0.4 is 10.6 Å². The van der Waals surface area contributed by atoms with Gasteiger partial charge in [0.25, 0.3) is 0 Å². The van der Waals surface area contributed by atoms with Gasteiger partial charge in [0, 0.05) is 26.2 Å². The van der Waals surface area contributed by atoms with Gasteiger partial charge in [-0.3, -0.25) is 10.6 Å². The van der Waals surface area contributed by atoms with Gasteiger partial charge in [0.2, 0.25) is 0 Å². The van der Waals surface area contributed by atoms with Crippen LogP contribution in [-0.4, -0.2) is 70.6 Å². The highest BCUT2D eigenvalue weighted by atomic mass is 32.1. The van der Waals surface area contributed by atoms with E-state index in [9.17, 15) is 9.59 Å². The van der Waals surface area contributed by atoms with Gasteiger partial charge in [0.1, 0.15) is 12.2 Å². The Labute approximate surface area is 267 Å². The van der Waals surface area contributed by atoms with Gasteiger partial charge in [0.05, 0.1) is 0 Å². The highest BCUT2D eigenvalue weighted by Gasteiger charge is 2.34. The minimum atomic E-state index is -0.406. The Bertz CT molecular complexity index is 780. The fraction of sp³-hybridized carbons (Fsp3) is 0.875. The number of carbonyl (C=O) groups is 2. The van der Waals surface area contributed by atoms with E-state index in [2.05, 4.69) is 52.2 Å². The summed E-state index contributed by atoms with van der Waals surface area (Å²) in [5, 5.41) is 6.31. The average molecular weight is 629 g/mol. The molecule has 0 aromatic rings. The van der Waals surface area contributed by atoms with Gasteiger partial charge in [-0.15, -0.1) is 0 Å². The summed E-state index contributed by atoms with van der Waals surface area (Å²) in [5.41, 5.74) is 0. The zero-order valence-corrected chi connectivity index (χ0v) is 29.7. The lowest BCUT2D eigenvalue weighted by atomic mass is 9.75. The molecule has 2 saturated carbocycles. The van der Waals surface area contributed by atoms with E-state index in [4.69, 9.17) is 33.9 Å². The van der Waals surface area contributed by atoms with Crippen LogP contribution in [0, 0.1) is 35.5 Å². The molecule has 0 spiro atoms. The van der Waals surface area contributed by atoms with Gasteiger partial charge >= 0.3 is 12.2 Å². The van der Waals surface area contributed by atoms with Crippen LogP contribution in [0.3, 0.4) is 0 Å². The van der Waals surface area contributed by atoms with Gasteiger partial charge in [-0.2, -0.15) is 0 Å². The highest BCUT2D eigenvalue weighted by molar-refractivity contribution is 7.80. The zero-order valence-electron chi connectivity index (χ0n) is 28.0. The second kappa shape index (κ2) is 19.6. The molecule has 244 valence electrons. The molecule has 2 rings (SSSR count). The van der Waals surface area contributed by atoms with Crippen molar-refractivity contribution in [1.82, 2.24) is 20.4 Å². The van der Waals surface area contributed by atoms with Crippen LogP contribution in [0.5, 0.6) is 0 Å². The molecule has 0 aliphatic heterocycles. The first-order valence-corrected chi connectivity index (χ1v) is 17.1. The molecule has 0 saturated heterocycles. The highest BCUT2D eigenvalue weighted by Crippen LogP contribution is 2.36. The quantitative estimate of drug-likeness (QED) is 0.266. The summed E-state index contributed by atoms with van der Waals surface area (Å²) in [4.78, 5) is 28.0. The molecular formula is C32H60N4O4S2. The van der Waals surface area contributed by atoms with Crippen LogP contribution >= 0.6 is 24.4 Å². The third-order valence-electron chi connectivity index (χ3n) is 8.96. The van der Waals surface area contributed by atoms with E-state index in [1.807, 2.05) is 37.5 Å². The molecule has 0 radical (unpaired) electrons. The molecule has 2 fully saturated rings. The van der Waals surface area contributed by atoms with Gasteiger partial charge in [-0.25, -0.2) is 9.59 Å². The summed E-state index contributed by atoms with van der Waals surface area (Å²) >= 11 is 10.5. The third-order valence-corrected chi connectivity index (χ3v) is 9.68. The summed E-state index contributed by atoms with van der Waals surface area (Å²) in [6.45, 7) is 24.5. The van der Waals surface area contributed by atoms with E-state index in [0.29, 0.717) is 45.7 Å². The van der Waals surface area contributed by atoms with Crippen molar-refractivity contribution in [3.05, 3.63) is 0 Å². The topological polar surface area (TPSA) is 83.1 Å². The average Bonchev–Trinajstić information content (AvgIpc) is 2.90. The number of hydrogen-bond acceptors (Lipinski definition) is 6. The van der Waals surface area contributed by atoms with Crippen LogP contribution in [0.25, 0.3) is 0 Å². The lowest BCUT2D eigenvalue weighted by Crippen LogP contribution is -2.45. The van der Waals surface area contributed by atoms with E-state index in [1.54, 1.807) is 0 Å². The molecule has 2 N–H and O–H groups in total. The molecule has 0 unspecified atom stereocenters. The largest absolute Gasteiger partial charge is 0.446 e. The minimum absolute atomic E-state index is 0.00764. The second-order valence-electron chi connectivity index (χ2n) is 12.7. The van der Waals surface area contributed by atoms with Crippen LogP contribution in [0.1, 0.15) is 108 Å². The van der Waals surface area contributed by atoms with Gasteiger partial charge in [-0.1, -0.05) is 54.4 Å². The SMILES string of the molecule is CCN(CC)C(=S)NC(=O)O[C@H]1C[C@@H](C)CC[C@@H]1C(C)C.CCN(CC)C(=S)NC(=O)O[C@H]1C[C@@H](C)CC[C@@H]1C(C)C. The fourth-order valence-corrected chi connectivity index (χ4v) is 6.87. The predicted molar refractivity (Wildman–Crippen MR) is 181 cm³/mol. The first-order chi connectivity index (χ1) is 19.8. The zero-order chi connectivity index (χ0) is 32.0. The normalized spacial score (nSPS) is 25.5. The number of rotatable bonds is 8. The number of thiocarbonyl (C=S) groups is 2. The van der Waals surface area contributed by atoms with Crippen LogP contribution in [0.2, 0.25) is 0 Å². The molecule has 2 amide bonds. The van der Waals surface area contributed by atoms with Crippen molar-refractivity contribution in [2.24, 2.45) is 35.5 Å². The molecule has 0 aromatic carbocycles. The molecule has 42 heavy (non-hydrogen) atoms. The van der Waals surface area contributed by atoms with E-state index in [1.165, 1.54) is 12.8 Å². The number of hydrogen-bond donors (Lipinski definition) is 2. The molecule has 0 bridgehead atoms. The Balaban J connectivity index is 0.000000420. The number of alkyl carbamates (subject to hydrolysis) is 2. The Morgan fingerprint density at radius 3 is 1.24 bits per heavy atom. The lowest BCUT2D eigenvalue weighted by molar-refractivity contribution is 0.00747. The summed E-state index contributed by atoms with van der Waals surface area (Å²) < 4.78 is 11.4. The number of ether oxygens (including phenoxy) is 2. The molecule has 8 nitrogen and oxygen atoms in total. The maximum Gasteiger partial charge on any atom is 0.413 e. The summed E-state index contributed by atoms with van der Waals surface area (Å²) in [6, 6.07) is 0. The van der Waals surface area contributed by atoms with Crippen LogP contribution in [-0.2, 0) is 9.47 Å². The number of nitrogens with zero attached hydrogens (tertiary/aromatic N) is 2. The number of nitrogens with one attached hydrogen (secondary N) is 2. The maximum atomic E-state index is 12.1. The second-order valence-corrected chi connectivity index (χ2v) is 13.5. The minimum Gasteiger partial charge on any atom is -0.446 e. The fourth-order valence-electron chi connectivity index (χ4n) is 6.19. The van der Waals surface area contributed by atoms with Crippen molar-refractivity contribution in [1.29, 1.82) is 0 Å². The van der Waals surface area contributed by atoms with Crippen molar-refractivity contribution in [2.75, 3.05) is 26.2 Å². The van der Waals surface area contributed by atoms with E-state index in [0.717, 1.165) is 51.9 Å². The monoisotopic (exact) mass is 628 g/mol. The Kier molecular flexibility index (Phi) is 17.9. The lowest BCUT2D eigenvalue weighted by Gasteiger charge is -2.36. The first kappa shape index (κ1) is 38.3. The summed E-state index contributed by atoms with van der Waals surface area (Å²) in [7, 11) is 0. The Morgan fingerprint density at radius 2 is 0.976 bits per heavy atom. The maximum absolute atomic E-state index is 12.1. The van der Waals surface area contributed by atoms with Crippen molar-refractivity contribution >= 4 is 46.8 Å². The number of carbonyl (C=O) groups excluding carboxylic acids is 2. The van der Waals surface area contributed by atoms with E-state index >= 15 is 0 Å². The van der Waals surface area contributed by atoms with Gasteiger partial charge in [-0.05, 0) is 113 Å². The smallest absolute Gasteiger partial charge is 0.413 e. The van der Waals surface area contributed by atoms with Crippen LogP contribution in [0.4, 0.5) is 9.59 Å². The van der Waals surface area contributed by atoms with Crippen molar-refractivity contribution in [2.45, 2.75) is 120 Å². The summed E-state index contributed by atoms with van der Waals surface area (Å²) in [6.07, 6.45) is 5.83. The van der Waals surface area contributed by atoms with Crippen LogP contribution in [0.15, 0.2) is 0 Å². The molecule has 10 heteroatoms. The molecular weight excluding hydrogens is 569 g/mol. The number of amides is 2. The van der Waals surface area contributed by atoms with E-state index < -0.39 is 12.2 Å². The first-order valence-electron chi connectivity index (χ1n) is 16.3. The standard InChI is InChI=1S/2C16H30N2O2S/c2*1-6-18(7-2)15(21)17-16(19)20-14-10-12(5)8-9-13(14)11(3)4/h2*11-14H,6-10H2,1-5H3,(H,17,19,21)/t2*12-,13+,14-/m00/s1. The van der Waals surface area contributed by atoms with Crippen molar-refractivity contribution < 1.29 is 19.1 Å². The predicted octanol–water partition coefficient (Wildman–Crippen LogP) is 7.60. The van der Waals surface area contributed by atoms with Gasteiger partial charge < -0.3 is 19.3 Å². The van der Waals surface area contributed by atoms with Crippen molar-refractivity contribution in [3.63, 3.8) is 0 Å². The van der Waals surface area contributed by atoms with Gasteiger partial charge in [0.15, 0.2) is 10.2 Å². The van der Waals surface area contributed by atoms with Crippen molar-refractivity contribution in [3.8, 4) is 0 Å². The Morgan fingerprint density at radius 1 is 0.667 bits per heavy atom. The van der Waals surface area contributed by atoms with E-state index in [-0.39, 0.29) is 12.2 Å². The molecule has 0 heterocycles. The molecule has 2 aliphatic rings. The molecule has 2 aliphatic carbocycles. The Hall–Kier alpha value is -1.68. The molecule has 6 atom stereocenters. The molecule has 0 aromatic heterocycles. The third kappa shape index (κ3) is 12.9.